The number of nitrogens with one attached hydrogen (secondary N) is 1. The molecule has 1 heterocycles. The van der Waals surface area contributed by atoms with Gasteiger partial charge >= 0.3 is 0 Å². The molecule has 1 unspecified atom stereocenters. The molecule has 0 aliphatic carbocycles. The molecular formula is C13H28N2. The molecule has 1 rings (SSSR count). The average Bonchev–Trinajstić information content (AvgIpc) is 2.13. The molecule has 0 saturated carbocycles. The Kier molecular flexibility index (Phi) is 5.07. The van der Waals surface area contributed by atoms with Gasteiger partial charge in [0.15, 0.2) is 0 Å². The minimum atomic E-state index is 0.464. The predicted octanol–water partition coefficient (Wildman–Crippen LogP) is 2.50. The van der Waals surface area contributed by atoms with Crippen LogP contribution >= 0.6 is 0 Å². The summed E-state index contributed by atoms with van der Waals surface area (Å²) in [7, 11) is 2.26. The Morgan fingerprint density at radius 2 is 2.00 bits per heavy atom. The highest BCUT2D eigenvalue weighted by molar-refractivity contribution is 4.76. The monoisotopic (exact) mass is 212 g/mol. The second kappa shape index (κ2) is 5.86. The van der Waals surface area contributed by atoms with Crippen molar-refractivity contribution in [3.63, 3.8) is 0 Å². The predicted molar refractivity (Wildman–Crippen MR) is 67.2 cm³/mol. The molecule has 0 aromatic heterocycles. The summed E-state index contributed by atoms with van der Waals surface area (Å²) in [6.07, 6.45) is 5.44. The molecule has 0 aromatic carbocycles. The van der Waals surface area contributed by atoms with Crippen molar-refractivity contribution in [1.29, 1.82) is 0 Å². The Labute approximate surface area is 95.4 Å². The van der Waals surface area contributed by atoms with Crippen molar-refractivity contribution in [1.82, 2.24) is 10.2 Å². The van der Waals surface area contributed by atoms with E-state index >= 15 is 0 Å². The fraction of sp³-hybridized carbons (Fsp3) is 1.00. The summed E-state index contributed by atoms with van der Waals surface area (Å²) in [5.74, 6) is 0. The van der Waals surface area contributed by atoms with Crippen LogP contribution in [0.3, 0.4) is 0 Å². The van der Waals surface area contributed by atoms with Crippen LogP contribution < -0.4 is 5.32 Å². The molecule has 2 heteroatoms. The lowest BCUT2D eigenvalue weighted by molar-refractivity contribution is 0.180. The lowest BCUT2D eigenvalue weighted by Crippen LogP contribution is -2.43. The number of likely N-dealkylation sites (tertiary alicyclic amines) is 1. The van der Waals surface area contributed by atoms with E-state index in [0.717, 1.165) is 12.6 Å². The molecule has 1 aliphatic rings. The van der Waals surface area contributed by atoms with E-state index in [1.54, 1.807) is 0 Å². The maximum atomic E-state index is 3.60. The smallest absolute Gasteiger partial charge is 0.0217 e. The third-order valence-electron chi connectivity index (χ3n) is 3.35. The van der Waals surface area contributed by atoms with Crippen LogP contribution in [0.2, 0.25) is 0 Å². The molecule has 0 amide bonds. The van der Waals surface area contributed by atoms with Gasteiger partial charge in [-0.1, -0.05) is 27.2 Å². The number of hydrogen-bond acceptors (Lipinski definition) is 2. The zero-order chi connectivity index (χ0) is 11.3. The highest BCUT2D eigenvalue weighted by atomic mass is 15.2. The number of hydrogen-bond donors (Lipinski definition) is 1. The number of piperidine rings is 1. The van der Waals surface area contributed by atoms with E-state index in [0.29, 0.717) is 5.41 Å². The number of likely N-dealkylation sites (N-methyl/N-ethyl adjacent to an activating group) is 1. The van der Waals surface area contributed by atoms with Crippen LogP contribution in [0.15, 0.2) is 0 Å². The summed E-state index contributed by atoms with van der Waals surface area (Å²) in [5, 5.41) is 3.60. The number of nitrogens with zero attached hydrogens (tertiary/aromatic N) is 1. The average molecular weight is 212 g/mol. The summed E-state index contributed by atoms with van der Waals surface area (Å²) in [5.41, 5.74) is 0.464. The minimum Gasteiger partial charge on any atom is -0.315 e. The molecule has 0 aromatic rings. The molecule has 0 spiro atoms. The second-order valence-corrected chi connectivity index (χ2v) is 6.14. The first kappa shape index (κ1) is 13.0. The fourth-order valence-electron chi connectivity index (χ4n) is 2.13. The summed E-state index contributed by atoms with van der Waals surface area (Å²) in [6.45, 7) is 10.5. The van der Waals surface area contributed by atoms with Gasteiger partial charge in [-0.2, -0.15) is 0 Å². The van der Waals surface area contributed by atoms with Crippen LogP contribution in [0.25, 0.3) is 0 Å². The Balaban J connectivity index is 2.08. The molecule has 0 radical (unpaired) electrons. The van der Waals surface area contributed by atoms with E-state index in [-0.39, 0.29) is 0 Å². The fourth-order valence-corrected chi connectivity index (χ4v) is 2.13. The van der Waals surface area contributed by atoms with Crippen LogP contribution in [-0.4, -0.2) is 37.6 Å². The van der Waals surface area contributed by atoms with Gasteiger partial charge in [-0.25, -0.2) is 0 Å². The molecule has 1 aliphatic heterocycles. The van der Waals surface area contributed by atoms with E-state index in [1.165, 1.54) is 38.8 Å². The maximum Gasteiger partial charge on any atom is 0.0217 e. The summed E-state index contributed by atoms with van der Waals surface area (Å²) in [4.78, 5) is 2.51. The summed E-state index contributed by atoms with van der Waals surface area (Å²) < 4.78 is 0. The van der Waals surface area contributed by atoms with Crippen LogP contribution in [0.1, 0.15) is 46.5 Å². The second-order valence-electron chi connectivity index (χ2n) is 6.14. The molecule has 1 fully saturated rings. The Morgan fingerprint density at radius 3 is 2.60 bits per heavy atom. The quantitative estimate of drug-likeness (QED) is 0.720. The van der Waals surface area contributed by atoms with Crippen LogP contribution in [-0.2, 0) is 0 Å². The minimum absolute atomic E-state index is 0.464. The van der Waals surface area contributed by atoms with Gasteiger partial charge < -0.3 is 10.2 Å². The van der Waals surface area contributed by atoms with Gasteiger partial charge in [-0.05, 0) is 44.8 Å². The van der Waals surface area contributed by atoms with Gasteiger partial charge in [0.25, 0.3) is 0 Å². The topological polar surface area (TPSA) is 15.3 Å². The van der Waals surface area contributed by atoms with E-state index in [2.05, 4.69) is 38.0 Å². The van der Waals surface area contributed by atoms with E-state index < -0.39 is 0 Å². The van der Waals surface area contributed by atoms with Gasteiger partial charge in [0.2, 0.25) is 0 Å². The van der Waals surface area contributed by atoms with E-state index in [9.17, 15) is 0 Å². The van der Waals surface area contributed by atoms with Crippen molar-refractivity contribution in [2.24, 2.45) is 5.41 Å². The lowest BCUT2D eigenvalue weighted by Gasteiger charge is -2.32. The van der Waals surface area contributed by atoms with Crippen molar-refractivity contribution in [2.75, 3.05) is 26.7 Å². The normalized spacial score (nSPS) is 24.4. The molecule has 90 valence electrons. The van der Waals surface area contributed by atoms with E-state index in [1.807, 2.05) is 0 Å². The number of rotatable bonds is 4. The summed E-state index contributed by atoms with van der Waals surface area (Å²) >= 11 is 0. The van der Waals surface area contributed by atoms with Crippen molar-refractivity contribution in [3.8, 4) is 0 Å². The zero-order valence-corrected chi connectivity index (χ0v) is 11.0. The van der Waals surface area contributed by atoms with E-state index in [4.69, 9.17) is 0 Å². The third kappa shape index (κ3) is 5.53. The molecule has 1 saturated heterocycles. The molecule has 0 bridgehead atoms. The third-order valence-corrected chi connectivity index (χ3v) is 3.35. The standard InChI is InChI=1S/C13H28N2/c1-13(2,3)8-9-14-11-12-7-5-6-10-15(12)4/h12,14H,5-11H2,1-4H3. The van der Waals surface area contributed by atoms with Gasteiger partial charge in [0.1, 0.15) is 0 Å². The largest absolute Gasteiger partial charge is 0.315 e. The zero-order valence-electron chi connectivity index (χ0n) is 11.0. The van der Waals surface area contributed by atoms with Crippen molar-refractivity contribution in [3.05, 3.63) is 0 Å². The van der Waals surface area contributed by atoms with Crippen LogP contribution in [0.4, 0.5) is 0 Å². The summed E-state index contributed by atoms with van der Waals surface area (Å²) in [6, 6.07) is 0.777. The molecule has 15 heavy (non-hydrogen) atoms. The van der Waals surface area contributed by atoms with Gasteiger partial charge in [-0.3, -0.25) is 0 Å². The highest BCUT2D eigenvalue weighted by Gasteiger charge is 2.18. The lowest BCUT2D eigenvalue weighted by atomic mass is 9.92. The van der Waals surface area contributed by atoms with Gasteiger partial charge in [0.05, 0.1) is 0 Å². The van der Waals surface area contributed by atoms with Gasteiger partial charge in [0, 0.05) is 12.6 Å². The SMILES string of the molecule is CN1CCCCC1CNCCC(C)(C)C. The first-order chi connectivity index (χ1) is 6.99. The molecule has 1 N–H and O–H groups in total. The molecule has 1 atom stereocenters. The molecule has 2 nitrogen and oxygen atoms in total. The first-order valence-electron chi connectivity index (χ1n) is 6.40. The van der Waals surface area contributed by atoms with Crippen LogP contribution in [0, 0.1) is 5.41 Å². The highest BCUT2D eigenvalue weighted by Crippen LogP contribution is 2.17. The Bertz CT molecular complexity index is 172. The van der Waals surface area contributed by atoms with Crippen molar-refractivity contribution < 1.29 is 0 Å². The first-order valence-corrected chi connectivity index (χ1v) is 6.40. The van der Waals surface area contributed by atoms with Crippen molar-refractivity contribution >= 4 is 0 Å². The Hall–Kier alpha value is -0.0800. The molecular weight excluding hydrogens is 184 g/mol. The van der Waals surface area contributed by atoms with Crippen molar-refractivity contribution in [2.45, 2.75) is 52.5 Å². The van der Waals surface area contributed by atoms with Crippen LogP contribution in [0.5, 0.6) is 0 Å². The Morgan fingerprint density at radius 1 is 1.27 bits per heavy atom. The van der Waals surface area contributed by atoms with Gasteiger partial charge in [-0.15, -0.1) is 0 Å². The maximum absolute atomic E-state index is 3.60.